The van der Waals surface area contributed by atoms with E-state index < -0.39 is 0 Å². The van der Waals surface area contributed by atoms with E-state index in [1.807, 2.05) is 0 Å². The van der Waals surface area contributed by atoms with Crippen LogP contribution in [0.2, 0.25) is 0 Å². The molecule has 1 aliphatic heterocycles. The number of hydrogen-bond acceptors (Lipinski definition) is 3. The van der Waals surface area contributed by atoms with Gasteiger partial charge < -0.3 is 10.5 Å². The number of hydrogen-bond donors (Lipinski definition) is 1. The van der Waals surface area contributed by atoms with Gasteiger partial charge in [-0.15, -0.1) is 0 Å². The molecule has 1 unspecified atom stereocenters. The molecule has 1 fully saturated rings. The molecule has 19 heavy (non-hydrogen) atoms. The fourth-order valence-corrected chi connectivity index (χ4v) is 2.56. The molecule has 4 heteroatoms. The number of nitrogens with zero attached hydrogens (tertiary/aromatic N) is 1. The Morgan fingerprint density at radius 3 is 2.42 bits per heavy atom. The van der Waals surface area contributed by atoms with Gasteiger partial charge in [0.05, 0.1) is 5.69 Å². The fourth-order valence-electron chi connectivity index (χ4n) is 2.56. The van der Waals surface area contributed by atoms with Crippen molar-refractivity contribution in [2.24, 2.45) is 5.73 Å². The van der Waals surface area contributed by atoms with Crippen LogP contribution in [0.25, 0.3) is 0 Å². The maximum atomic E-state index is 12.1. The van der Waals surface area contributed by atoms with Crippen molar-refractivity contribution < 1.29 is 9.53 Å². The highest BCUT2D eigenvalue weighted by molar-refractivity contribution is 5.90. The smallest absolute Gasteiger partial charge is 0.414 e. The van der Waals surface area contributed by atoms with Crippen LogP contribution >= 0.6 is 0 Å². The molecule has 0 bridgehead atoms. The van der Waals surface area contributed by atoms with Gasteiger partial charge in [0.15, 0.2) is 0 Å². The lowest BCUT2D eigenvalue weighted by Crippen LogP contribution is -2.45. The molecule has 0 spiro atoms. The van der Waals surface area contributed by atoms with Crippen molar-refractivity contribution in [2.45, 2.75) is 39.2 Å². The summed E-state index contributed by atoms with van der Waals surface area (Å²) in [7, 11) is 0. The Morgan fingerprint density at radius 2 is 1.95 bits per heavy atom. The Hall–Kier alpha value is -1.55. The van der Waals surface area contributed by atoms with E-state index >= 15 is 0 Å². The number of para-hydroxylation sites is 1. The standard InChI is InChI=1S/C15H22N2O2/c1-3-11-6-5-7-12(4-2)14(11)17-9-8-13(10-16)19-15(17)18/h5-7,13H,3-4,8-10,16H2,1-2H3. The Morgan fingerprint density at radius 1 is 1.32 bits per heavy atom. The summed E-state index contributed by atoms with van der Waals surface area (Å²) in [6.45, 7) is 5.30. The molecule has 104 valence electrons. The van der Waals surface area contributed by atoms with Crippen molar-refractivity contribution in [1.82, 2.24) is 0 Å². The molecule has 1 amide bonds. The summed E-state index contributed by atoms with van der Waals surface area (Å²) in [5.41, 5.74) is 8.99. The first-order chi connectivity index (χ1) is 9.21. The number of carbonyl (C=O) groups excluding carboxylic acids is 1. The quantitative estimate of drug-likeness (QED) is 0.907. The SMILES string of the molecule is CCc1cccc(CC)c1N1CCC(CN)OC1=O. The lowest BCUT2D eigenvalue weighted by Gasteiger charge is -2.33. The molecule has 0 saturated carbocycles. The third-order valence-electron chi connectivity index (χ3n) is 3.66. The topological polar surface area (TPSA) is 55.6 Å². The Labute approximate surface area is 114 Å². The summed E-state index contributed by atoms with van der Waals surface area (Å²) in [4.78, 5) is 13.9. The van der Waals surface area contributed by atoms with Gasteiger partial charge in [-0.25, -0.2) is 4.79 Å². The second-order valence-corrected chi connectivity index (χ2v) is 4.81. The predicted octanol–water partition coefficient (Wildman–Crippen LogP) is 2.49. The average molecular weight is 262 g/mol. The first-order valence-electron chi connectivity index (χ1n) is 7.00. The van der Waals surface area contributed by atoms with Crippen LogP contribution in [0.5, 0.6) is 0 Å². The highest BCUT2D eigenvalue weighted by atomic mass is 16.6. The minimum absolute atomic E-state index is 0.136. The summed E-state index contributed by atoms with van der Waals surface area (Å²) in [5, 5.41) is 0. The first kappa shape index (κ1) is 13.9. The van der Waals surface area contributed by atoms with Crippen LogP contribution in [-0.2, 0) is 17.6 Å². The van der Waals surface area contributed by atoms with Gasteiger partial charge >= 0.3 is 6.09 Å². The Kier molecular flexibility index (Phi) is 4.43. The first-order valence-corrected chi connectivity index (χ1v) is 7.00. The predicted molar refractivity (Wildman–Crippen MR) is 76.5 cm³/mol. The number of nitrogens with two attached hydrogens (primary N) is 1. The molecular formula is C15H22N2O2. The van der Waals surface area contributed by atoms with E-state index in [4.69, 9.17) is 10.5 Å². The maximum Gasteiger partial charge on any atom is 0.414 e. The van der Waals surface area contributed by atoms with E-state index in [2.05, 4.69) is 32.0 Å². The van der Waals surface area contributed by atoms with E-state index in [1.54, 1.807) is 4.90 Å². The lowest BCUT2D eigenvalue weighted by molar-refractivity contribution is 0.0886. The molecule has 1 aliphatic rings. The van der Waals surface area contributed by atoms with Crippen LogP contribution < -0.4 is 10.6 Å². The second-order valence-electron chi connectivity index (χ2n) is 4.81. The molecule has 1 aromatic carbocycles. The van der Waals surface area contributed by atoms with Crippen LogP contribution in [0.3, 0.4) is 0 Å². The van der Waals surface area contributed by atoms with Gasteiger partial charge in [-0.3, -0.25) is 4.90 Å². The Balaban J connectivity index is 2.33. The van der Waals surface area contributed by atoms with E-state index in [1.165, 1.54) is 11.1 Å². The molecule has 2 rings (SSSR count). The molecule has 0 radical (unpaired) electrons. The van der Waals surface area contributed by atoms with Crippen molar-refractivity contribution >= 4 is 11.8 Å². The van der Waals surface area contributed by atoms with Crippen molar-refractivity contribution in [3.63, 3.8) is 0 Å². The van der Waals surface area contributed by atoms with Gasteiger partial charge in [-0.05, 0) is 24.0 Å². The van der Waals surface area contributed by atoms with Gasteiger partial charge in [0.25, 0.3) is 0 Å². The van der Waals surface area contributed by atoms with Crippen LogP contribution in [0.4, 0.5) is 10.5 Å². The van der Waals surface area contributed by atoms with Crippen molar-refractivity contribution in [2.75, 3.05) is 18.0 Å². The van der Waals surface area contributed by atoms with Crippen LogP contribution in [0, 0.1) is 0 Å². The van der Waals surface area contributed by atoms with Crippen molar-refractivity contribution in [3.05, 3.63) is 29.3 Å². The molecular weight excluding hydrogens is 240 g/mol. The van der Waals surface area contributed by atoms with Crippen molar-refractivity contribution in [3.8, 4) is 0 Å². The summed E-state index contributed by atoms with van der Waals surface area (Å²) in [5.74, 6) is 0. The Bertz CT molecular complexity index is 437. The third kappa shape index (κ3) is 2.73. The van der Waals surface area contributed by atoms with Crippen LogP contribution in [0.1, 0.15) is 31.4 Å². The molecule has 0 aliphatic carbocycles. The number of ether oxygens (including phenoxy) is 1. The number of anilines is 1. The zero-order valence-electron chi connectivity index (χ0n) is 11.7. The summed E-state index contributed by atoms with van der Waals surface area (Å²) < 4.78 is 5.36. The normalized spacial score (nSPS) is 19.4. The molecule has 1 aromatic rings. The minimum Gasteiger partial charge on any atom is -0.444 e. The number of benzene rings is 1. The molecule has 1 heterocycles. The van der Waals surface area contributed by atoms with Gasteiger partial charge in [0.2, 0.25) is 0 Å². The van der Waals surface area contributed by atoms with Gasteiger partial charge in [0, 0.05) is 19.5 Å². The van der Waals surface area contributed by atoms with Gasteiger partial charge in [0.1, 0.15) is 6.10 Å². The van der Waals surface area contributed by atoms with Crippen LogP contribution in [0.15, 0.2) is 18.2 Å². The zero-order chi connectivity index (χ0) is 13.8. The highest BCUT2D eigenvalue weighted by Gasteiger charge is 2.29. The number of amides is 1. The number of cyclic esters (lactones) is 1. The van der Waals surface area contributed by atoms with E-state index in [0.717, 1.165) is 24.9 Å². The lowest BCUT2D eigenvalue weighted by atomic mass is 10.0. The summed E-state index contributed by atoms with van der Waals surface area (Å²) >= 11 is 0. The summed E-state index contributed by atoms with van der Waals surface area (Å²) in [6, 6.07) is 6.22. The molecule has 4 nitrogen and oxygen atoms in total. The highest BCUT2D eigenvalue weighted by Crippen LogP contribution is 2.29. The number of carbonyl (C=O) groups is 1. The maximum absolute atomic E-state index is 12.1. The summed E-state index contributed by atoms with van der Waals surface area (Å²) in [6.07, 6.45) is 2.21. The number of aryl methyl sites for hydroxylation is 2. The zero-order valence-corrected chi connectivity index (χ0v) is 11.7. The fraction of sp³-hybridized carbons (Fsp3) is 0.533. The molecule has 1 saturated heterocycles. The monoisotopic (exact) mass is 262 g/mol. The van der Waals surface area contributed by atoms with Gasteiger partial charge in [-0.2, -0.15) is 0 Å². The molecule has 1 atom stereocenters. The van der Waals surface area contributed by atoms with E-state index in [-0.39, 0.29) is 12.2 Å². The third-order valence-corrected chi connectivity index (χ3v) is 3.66. The largest absolute Gasteiger partial charge is 0.444 e. The van der Waals surface area contributed by atoms with Crippen molar-refractivity contribution in [1.29, 1.82) is 0 Å². The second kappa shape index (κ2) is 6.06. The number of rotatable bonds is 4. The van der Waals surface area contributed by atoms with Gasteiger partial charge in [-0.1, -0.05) is 32.0 Å². The van der Waals surface area contributed by atoms with E-state index in [9.17, 15) is 4.79 Å². The molecule has 2 N–H and O–H groups in total. The minimum atomic E-state index is -0.266. The van der Waals surface area contributed by atoms with E-state index in [0.29, 0.717) is 13.1 Å². The molecule has 0 aromatic heterocycles. The van der Waals surface area contributed by atoms with Crippen LogP contribution in [-0.4, -0.2) is 25.3 Å². The average Bonchev–Trinajstić information content (AvgIpc) is 2.46.